The largest absolute Gasteiger partial charge is 0.493 e. The molecule has 0 aromatic heterocycles. The molecule has 1 heterocycles. The first-order chi connectivity index (χ1) is 10.1. The van der Waals surface area contributed by atoms with Gasteiger partial charge in [-0.1, -0.05) is 35.3 Å². The van der Waals surface area contributed by atoms with Gasteiger partial charge in [0.2, 0.25) is 0 Å². The summed E-state index contributed by atoms with van der Waals surface area (Å²) in [6.45, 7) is 0.788. The van der Waals surface area contributed by atoms with Crippen LogP contribution in [0.15, 0.2) is 36.4 Å². The summed E-state index contributed by atoms with van der Waals surface area (Å²) >= 11 is 12.2. The summed E-state index contributed by atoms with van der Waals surface area (Å²) in [5, 5.41) is 1.34. The van der Waals surface area contributed by atoms with E-state index in [4.69, 9.17) is 33.7 Å². The standard InChI is InChI=1S/C17H17Cl2NO/c18-13-3-4-15(19)14(10-13)16(20)5-1-11-2-6-17-12(9-11)7-8-21-17/h2-4,6,9-10,16H,1,5,7-8,20H2. The van der Waals surface area contributed by atoms with E-state index in [0.717, 1.165) is 37.2 Å². The second-order valence-corrected chi connectivity index (χ2v) is 6.20. The summed E-state index contributed by atoms with van der Waals surface area (Å²) in [5.74, 6) is 1.01. The molecule has 3 rings (SSSR count). The molecule has 1 aliphatic rings. The average molecular weight is 322 g/mol. The molecule has 0 radical (unpaired) electrons. The fraction of sp³-hybridized carbons (Fsp3) is 0.294. The van der Waals surface area contributed by atoms with Gasteiger partial charge in [0.1, 0.15) is 5.75 Å². The van der Waals surface area contributed by atoms with Gasteiger partial charge >= 0.3 is 0 Å². The number of benzene rings is 2. The van der Waals surface area contributed by atoms with Gasteiger partial charge < -0.3 is 10.5 Å². The highest BCUT2D eigenvalue weighted by Gasteiger charge is 2.14. The lowest BCUT2D eigenvalue weighted by Crippen LogP contribution is -2.12. The molecule has 0 saturated carbocycles. The average Bonchev–Trinajstić information content (AvgIpc) is 2.94. The molecule has 1 unspecified atom stereocenters. The molecule has 0 amide bonds. The Morgan fingerprint density at radius 1 is 1.14 bits per heavy atom. The summed E-state index contributed by atoms with van der Waals surface area (Å²) in [4.78, 5) is 0. The second-order valence-electron chi connectivity index (χ2n) is 5.35. The summed E-state index contributed by atoms with van der Waals surface area (Å²) in [6, 6.07) is 11.7. The molecule has 2 nitrogen and oxygen atoms in total. The van der Waals surface area contributed by atoms with E-state index in [-0.39, 0.29) is 6.04 Å². The fourth-order valence-electron chi connectivity index (χ4n) is 2.67. The maximum atomic E-state index is 6.26. The molecule has 0 aliphatic carbocycles. The highest BCUT2D eigenvalue weighted by molar-refractivity contribution is 6.33. The monoisotopic (exact) mass is 321 g/mol. The molecule has 110 valence electrons. The van der Waals surface area contributed by atoms with E-state index in [1.54, 1.807) is 12.1 Å². The third-order valence-corrected chi connectivity index (χ3v) is 4.43. The molecule has 0 saturated heterocycles. The highest BCUT2D eigenvalue weighted by Crippen LogP contribution is 2.29. The van der Waals surface area contributed by atoms with Crippen molar-refractivity contribution >= 4 is 23.2 Å². The summed E-state index contributed by atoms with van der Waals surface area (Å²) < 4.78 is 5.52. The lowest BCUT2D eigenvalue weighted by atomic mass is 9.98. The Morgan fingerprint density at radius 3 is 2.86 bits per heavy atom. The van der Waals surface area contributed by atoms with E-state index >= 15 is 0 Å². The van der Waals surface area contributed by atoms with Crippen molar-refractivity contribution in [3.63, 3.8) is 0 Å². The number of fused-ring (bicyclic) bond motifs is 1. The van der Waals surface area contributed by atoms with E-state index in [1.807, 2.05) is 6.07 Å². The minimum atomic E-state index is -0.110. The summed E-state index contributed by atoms with van der Waals surface area (Å²) in [6.07, 6.45) is 2.74. The number of hydrogen-bond donors (Lipinski definition) is 1. The summed E-state index contributed by atoms with van der Waals surface area (Å²) in [7, 11) is 0. The lowest BCUT2D eigenvalue weighted by Gasteiger charge is -2.14. The quantitative estimate of drug-likeness (QED) is 0.895. The van der Waals surface area contributed by atoms with Crippen LogP contribution in [0.4, 0.5) is 0 Å². The van der Waals surface area contributed by atoms with Crippen LogP contribution in [-0.4, -0.2) is 6.61 Å². The van der Waals surface area contributed by atoms with Crippen molar-refractivity contribution in [2.24, 2.45) is 5.73 Å². The summed E-state index contributed by atoms with van der Waals surface area (Å²) in [5.41, 5.74) is 9.75. The van der Waals surface area contributed by atoms with Crippen molar-refractivity contribution in [2.75, 3.05) is 6.61 Å². The van der Waals surface area contributed by atoms with E-state index < -0.39 is 0 Å². The van der Waals surface area contributed by atoms with Crippen LogP contribution in [0.25, 0.3) is 0 Å². The molecule has 0 bridgehead atoms. The molecule has 1 atom stereocenters. The third kappa shape index (κ3) is 3.34. The number of ether oxygens (including phenoxy) is 1. The van der Waals surface area contributed by atoms with E-state index in [2.05, 4.69) is 18.2 Å². The Labute approximate surface area is 134 Å². The smallest absolute Gasteiger partial charge is 0.122 e. The van der Waals surface area contributed by atoms with Gasteiger partial charge in [-0.2, -0.15) is 0 Å². The normalized spacial score (nSPS) is 14.6. The van der Waals surface area contributed by atoms with Gasteiger partial charge in [-0.3, -0.25) is 0 Å². The van der Waals surface area contributed by atoms with Crippen LogP contribution < -0.4 is 10.5 Å². The van der Waals surface area contributed by atoms with Crippen molar-refractivity contribution in [3.05, 3.63) is 63.1 Å². The topological polar surface area (TPSA) is 35.2 Å². The maximum absolute atomic E-state index is 6.26. The van der Waals surface area contributed by atoms with Gasteiger partial charge in [0.05, 0.1) is 6.61 Å². The van der Waals surface area contributed by atoms with E-state index in [0.29, 0.717) is 10.0 Å². The Morgan fingerprint density at radius 2 is 2.00 bits per heavy atom. The van der Waals surface area contributed by atoms with Crippen LogP contribution in [0.3, 0.4) is 0 Å². The van der Waals surface area contributed by atoms with Crippen molar-refractivity contribution in [2.45, 2.75) is 25.3 Å². The van der Waals surface area contributed by atoms with Gasteiger partial charge in [-0.05, 0) is 53.8 Å². The van der Waals surface area contributed by atoms with Gasteiger partial charge in [-0.15, -0.1) is 0 Å². The molecular weight excluding hydrogens is 305 g/mol. The molecule has 1 aliphatic heterocycles. The maximum Gasteiger partial charge on any atom is 0.122 e. The Hall–Kier alpha value is -1.22. The minimum Gasteiger partial charge on any atom is -0.493 e. The van der Waals surface area contributed by atoms with Crippen LogP contribution >= 0.6 is 23.2 Å². The Bertz CT molecular complexity index is 657. The molecule has 2 aromatic carbocycles. The van der Waals surface area contributed by atoms with Gasteiger partial charge in [0, 0.05) is 22.5 Å². The Kier molecular flexibility index (Phi) is 4.39. The minimum absolute atomic E-state index is 0.110. The number of nitrogens with two attached hydrogens (primary N) is 1. The van der Waals surface area contributed by atoms with Gasteiger partial charge in [-0.25, -0.2) is 0 Å². The van der Waals surface area contributed by atoms with Crippen molar-refractivity contribution in [1.29, 1.82) is 0 Å². The van der Waals surface area contributed by atoms with Crippen LogP contribution in [0.1, 0.15) is 29.2 Å². The first kappa shape index (κ1) is 14.7. The molecule has 0 fully saturated rings. The van der Waals surface area contributed by atoms with Crippen molar-refractivity contribution in [3.8, 4) is 5.75 Å². The zero-order chi connectivity index (χ0) is 14.8. The molecule has 0 spiro atoms. The predicted octanol–water partition coefficient (Wildman–Crippen LogP) is 4.56. The number of aryl methyl sites for hydroxylation is 1. The number of rotatable bonds is 4. The zero-order valence-corrected chi connectivity index (χ0v) is 13.1. The van der Waals surface area contributed by atoms with Gasteiger partial charge in [0.15, 0.2) is 0 Å². The second kappa shape index (κ2) is 6.27. The number of halogens is 2. The molecular formula is C17H17Cl2NO. The highest BCUT2D eigenvalue weighted by atomic mass is 35.5. The number of hydrogen-bond acceptors (Lipinski definition) is 2. The molecule has 2 N–H and O–H groups in total. The first-order valence-electron chi connectivity index (χ1n) is 7.08. The van der Waals surface area contributed by atoms with Crippen LogP contribution in [0.5, 0.6) is 5.75 Å². The predicted molar refractivity (Wildman–Crippen MR) is 87.4 cm³/mol. The van der Waals surface area contributed by atoms with Crippen LogP contribution in [0.2, 0.25) is 10.0 Å². The van der Waals surface area contributed by atoms with E-state index in [9.17, 15) is 0 Å². The van der Waals surface area contributed by atoms with Gasteiger partial charge in [0.25, 0.3) is 0 Å². The SMILES string of the molecule is NC(CCc1ccc2c(c1)CCO2)c1cc(Cl)ccc1Cl. The molecule has 21 heavy (non-hydrogen) atoms. The Balaban J connectivity index is 1.68. The molecule has 4 heteroatoms. The van der Waals surface area contributed by atoms with E-state index in [1.165, 1.54) is 11.1 Å². The van der Waals surface area contributed by atoms with Crippen LogP contribution in [-0.2, 0) is 12.8 Å². The van der Waals surface area contributed by atoms with Crippen LogP contribution in [0, 0.1) is 0 Å². The fourth-order valence-corrected chi connectivity index (χ4v) is 3.11. The van der Waals surface area contributed by atoms with Crippen molar-refractivity contribution in [1.82, 2.24) is 0 Å². The molecule has 2 aromatic rings. The lowest BCUT2D eigenvalue weighted by molar-refractivity contribution is 0.357. The first-order valence-corrected chi connectivity index (χ1v) is 7.84. The van der Waals surface area contributed by atoms with Crippen molar-refractivity contribution < 1.29 is 4.74 Å². The third-order valence-electron chi connectivity index (χ3n) is 3.86. The zero-order valence-electron chi connectivity index (χ0n) is 11.6.